The van der Waals surface area contributed by atoms with Crippen molar-refractivity contribution in [3.8, 4) is 11.5 Å². The van der Waals surface area contributed by atoms with Gasteiger partial charge in [0.15, 0.2) is 34.7 Å². The van der Waals surface area contributed by atoms with Crippen LogP contribution < -0.4 is 14.8 Å². The van der Waals surface area contributed by atoms with Gasteiger partial charge in [-0.2, -0.15) is 0 Å². The summed E-state index contributed by atoms with van der Waals surface area (Å²) in [4.78, 5) is 12.8. The van der Waals surface area contributed by atoms with E-state index in [9.17, 15) is 15.3 Å². The van der Waals surface area contributed by atoms with Gasteiger partial charge in [-0.3, -0.25) is 4.57 Å². The van der Waals surface area contributed by atoms with E-state index in [2.05, 4.69) is 20.3 Å². The first-order valence-electron chi connectivity index (χ1n) is 9.32. The molecule has 1 fully saturated rings. The molecule has 0 unspecified atom stereocenters. The minimum Gasteiger partial charge on any atom is -0.493 e. The summed E-state index contributed by atoms with van der Waals surface area (Å²) in [6, 6.07) is 5.59. The Kier molecular flexibility index (Phi) is 5.68. The van der Waals surface area contributed by atoms with Crippen molar-refractivity contribution in [1.29, 1.82) is 0 Å². The predicted molar refractivity (Wildman–Crippen MR) is 105 cm³/mol. The highest BCUT2D eigenvalue weighted by atomic mass is 16.6. The zero-order valence-corrected chi connectivity index (χ0v) is 16.5. The third kappa shape index (κ3) is 3.52. The van der Waals surface area contributed by atoms with Gasteiger partial charge in [-0.1, -0.05) is 6.07 Å². The fourth-order valence-electron chi connectivity index (χ4n) is 3.45. The molecular weight excluding hydrogens is 394 g/mol. The number of aromatic nitrogens is 4. The molecule has 4 atom stereocenters. The normalized spacial score (nSPS) is 23.6. The minimum absolute atomic E-state index is 0.408. The van der Waals surface area contributed by atoms with Crippen molar-refractivity contribution in [2.24, 2.45) is 0 Å². The summed E-state index contributed by atoms with van der Waals surface area (Å²) in [5.41, 5.74) is 1.85. The Morgan fingerprint density at radius 3 is 2.60 bits per heavy atom. The van der Waals surface area contributed by atoms with Crippen molar-refractivity contribution in [1.82, 2.24) is 19.5 Å². The number of hydrogen-bond acceptors (Lipinski definition) is 10. The zero-order valence-electron chi connectivity index (χ0n) is 16.5. The van der Waals surface area contributed by atoms with E-state index in [0.29, 0.717) is 35.0 Å². The van der Waals surface area contributed by atoms with Crippen molar-refractivity contribution in [2.75, 3.05) is 26.1 Å². The number of anilines is 1. The Hall–Kier alpha value is -2.99. The fraction of sp³-hybridized carbons (Fsp3) is 0.421. The largest absolute Gasteiger partial charge is 0.493 e. The molecule has 4 rings (SSSR count). The van der Waals surface area contributed by atoms with Crippen LogP contribution in [0.5, 0.6) is 11.5 Å². The monoisotopic (exact) mass is 417 g/mol. The number of aliphatic hydroxyl groups excluding tert-OH is 3. The second-order valence-corrected chi connectivity index (χ2v) is 6.82. The van der Waals surface area contributed by atoms with Gasteiger partial charge in [0, 0.05) is 6.54 Å². The zero-order chi connectivity index (χ0) is 21.3. The molecule has 11 heteroatoms. The van der Waals surface area contributed by atoms with Gasteiger partial charge in [0.25, 0.3) is 0 Å². The van der Waals surface area contributed by atoms with Gasteiger partial charge in [0.1, 0.15) is 24.6 Å². The van der Waals surface area contributed by atoms with Crippen molar-refractivity contribution >= 4 is 17.0 Å². The van der Waals surface area contributed by atoms with Crippen LogP contribution in [0, 0.1) is 0 Å². The molecular formula is C19H23N5O6. The van der Waals surface area contributed by atoms with Crippen molar-refractivity contribution in [3.05, 3.63) is 36.4 Å². The highest BCUT2D eigenvalue weighted by Gasteiger charge is 2.44. The first-order chi connectivity index (χ1) is 14.6. The molecule has 0 spiro atoms. The second kappa shape index (κ2) is 8.40. The second-order valence-electron chi connectivity index (χ2n) is 6.82. The predicted octanol–water partition coefficient (Wildman–Crippen LogP) is 0.0671. The van der Waals surface area contributed by atoms with Crippen LogP contribution >= 0.6 is 0 Å². The van der Waals surface area contributed by atoms with Crippen LogP contribution in [0.25, 0.3) is 11.2 Å². The topological polar surface area (TPSA) is 144 Å². The van der Waals surface area contributed by atoms with E-state index in [-0.39, 0.29) is 0 Å². The third-order valence-electron chi connectivity index (χ3n) is 5.06. The maximum absolute atomic E-state index is 10.3. The number of ether oxygens (including phenoxy) is 3. The lowest BCUT2D eigenvalue weighted by atomic mass is 10.1. The number of hydrogen-bond donors (Lipinski definition) is 4. The van der Waals surface area contributed by atoms with Crippen LogP contribution in [0.4, 0.5) is 5.82 Å². The smallest absolute Gasteiger partial charge is 0.167 e. The molecule has 0 saturated carbocycles. The van der Waals surface area contributed by atoms with E-state index < -0.39 is 31.1 Å². The van der Waals surface area contributed by atoms with Gasteiger partial charge in [-0.25, -0.2) is 15.0 Å². The molecule has 160 valence electrons. The lowest BCUT2D eigenvalue weighted by molar-refractivity contribution is -0.0511. The van der Waals surface area contributed by atoms with E-state index in [1.165, 1.54) is 17.2 Å². The summed E-state index contributed by atoms with van der Waals surface area (Å²) < 4.78 is 17.7. The number of nitrogens with one attached hydrogen (secondary N) is 1. The number of benzene rings is 1. The van der Waals surface area contributed by atoms with E-state index in [4.69, 9.17) is 14.2 Å². The van der Waals surface area contributed by atoms with E-state index >= 15 is 0 Å². The highest BCUT2D eigenvalue weighted by Crippen LogP contribution is 2.32. The molecule has 4 N–H and O–H groups in total. The van der Waals surface area contributed by atoms with Gasteiger partial charge in [-0.05, 0) is 17.7 Å². The molecule has 0 amide bonds. The van der Waals surface area contributed by atoms with Gasteiger partial charge >= 0.3 is 0 Å². The highest BCUT2D eigenvalue weighted by molar-refractivity contribution is 5.82. The SMILES string of the molecule is COc1ccc(CNc2ncnc3c2ncn3[C@@H]2O[C@H](CO)[C@@H](O)[C@H]2O)cc1OC. The maximum Gasteiger partial charge on any atom is 0.167 e. The van der Waals surface area contributed by atoms with Gasteiger partial charge in [0.2, 0.25) is 0 Å². The van der Waals surface area contributed by atoms with E-state index in [1.54, 1.807) is 14.2 Å². The third-order valence-corrected chi connectivity index (χ3v) is 5.06. The Bertz CT molecular complexity index is 1030. The van der Waals surface area contributed by atoms with Gasteiger partial charge < -0.3 is 34.8 Å². The summed E-state index contributed by atoms with van der Waals surface area (Å²) in [5.74, 6) is 1.77. The molecule has 0 bridgehead atoms. The standard InChI is InChI=1S/C19H23N5O6/c1-28-11-4-3-10(5-12(11)29-2)6-20-17-14-18(22-8-21-17)24(9-23-14)19-16(27)15(26)13(7-25)30-19/h3-5,8-9,13,15-16,19,25-27H,6-7H2,1-2H3,(H,20,21,22)/t13-,15-,16-,19-/m1/s1. The summed E-state index contributed by atoms with van der Waals surface area (Å²) in [5, 5.41) is 32.8. The number of aliphatic hydroxyl groups is 3. The summed E-state index contributed by atoms with van der Waals surface area (Å²) in [6.07, 6.45) is -1.40. The number of methoxy groups -OCH3 is 2. The Labute approximate surface area is 171 Å². The Balaban J connectivity index is 1.57. The van der Waals surface area contributed by atoms with Crippen LogP contribution in [0.1, 0.15) is 11.8 Å². The molecule has 3 aromatic rings. The molecule has 1 aliphatic rings. The lowest BCUT2D eigenvalue weighted by Gasteiger charge is -2.16. The number of nitrogens with zero attached hydrogens (tertiary/aromatic N) is 4. The fourth-order valence-corrected chi connectivity index (χ4v) is 3.45. The molecule has 0 radical (unpaired) electrons. The average molecular weight is 417 g/mol. The minimum atomic E-state index is -1.22. The molecule has 30 heavy (non-hydrogen) atoms. The molecule has 0 aliphatic carbocycles. The van der Waals surface area contributed by atoms with Gasteiger partial charge in [-0.15, -0.1) is 0 Å². The first kappa shape index (κ1) is 20.3. The number of fused-ring (bicyclic) bond motifs is 1. The lowest BCUT2D eigenvalue weighted by Crippen LogP contribution is -2.33. The molecule has 1 aromatic carbocycles. The van der Waals surface area contributed by atoms with Gasteiger partial charge in [0.05, 0.1) is 27.2 Å². The van der Waals surface area contributed by atoms with E-state index in [0.717, 1.165) is 5.56 Å². The van der Waals surface area contributed by atoms with Crippen LogP contribution in [-0.2, 0) is 11.3 Å². The molecule has 3 heterocycles. The average Bonchev–Trinajstić information content (AvgIpc) is 3.33. The Morgan fingerprint density at radius 1 is 1.10 bits per heavy atom. The number of imidazole rings is 1. The summed E-state index contributed by atoms with van der Waals surface area (Å²) in [7, 11) is 3.16. The molecule has 1 saturated heterocycles. The first-order valence-corrected chi connectivity index (χ1v) is 9.32. The van der Waals surface area contributed by atoms with Crippen LogP contribution in [0.2, 0.25) is 0 Å². The van der Waals surface area contributed by atoms with Crippen molar-refractivity contribution in [2.45, 2.75) is 31.1 Å². The van der Waals surface area contributed by atoms with E-state index in [1.807, 2.05) is 18.2 Å². The molecule has 11 nitrogen and oxygen atoms in total. The molecule has 2 aromatic heterocycles. The quantitative estimate of drug-likeness (QED) is 0.417. The maximum atomic E-state index is 10.3. The molecule has 1 aliphatic heterocycles. The number of rotatable bonds is 7. The van der Waals surface area contributed by atoms with Crippen molar-refractivity contribution < 1.29 is 29.5 Å². The van der Waals surface area contributed by atoms with Crippen LogP contribution in [0.15, 0.2) is 30.9 Å². The summed E-state index contributed by atoms with van der Waals surface area (Å²) in [6.45, 7) is 0.0433. The van der Waals surface area contributed by atoms with Crippen molar-refractivity contribution in [3.63, 3.8) is 0 Å². The Morgan fingerprint density at radius 2 is 1.90 bits per heavy atom. The summed E-state index contributed by atoms with van der Waals surface area (Å²) >= 11 is 0. The van der Waals surface area contributed by atoms with Crippen LogP contribution in [-0.4, -0.2) is 74.0 Å². The van der Waals surface area contributed by atoms with Crippen LogP contribution in [0.3, 0.4) is 0 Å².